The zero-order chi connectivity index (χ0) is 11.3. The minimum absolute atomic E-state index is 0.250. The Bertz CT molecular complexity index is 57.9. The van der Waals surface area contributed by atoms with Crippen LogP contribution in [0, 0.1) is 0 Å². The van der Waals surface area contributed by atoms with E-state index in [1.54, 1.807) is 13.8 Å². The summed E-state index contributed by atoms with van der Waals surface area (Å²) in [5, 5.41) is 18.4. The number of hydrogen-bond acceptors (Lipinski definition) is 3. The third-order valence-electron chi connectivity index (χ3n) is 0.667. The van der Waals surface area contributed by atoms with Gasteiger partial charge in [0.25, 0.3) is 0 Å². The van der Waals surface area contributed by atoms with Crippen molar-refractivity contribution in [2.75, 3.05) is 13.2 Å². The lowest BCUT2D eigenvalue weighted by molar-refractivity contribution is 0.318. The largest absolute Gasteiger partial charge is 0.397 e. The van der Waals surface area contributed by atoms with Gasteiger partial charge in [0.05, 0.1) is 0 Å². The van der Waals surface area contributed by atoms with Gasteiger partial charge in [-0.3, -0.25) is 0 Å². The predicted octanol–water partition coefficient (Wildman–Crippen LogP) is 1.39. The molecule has 0 rings (SSSR count). The molecule has 0 fully saturated rings. The fourth-order valence-corrected chi connectivity index (χ4v) is 0.667. The zero-order valence-electron chi connectivity index (χ0n) is 9.96. The molecular weight excluding hydrogens is 166 g/mol. The molecule has 0 saturated carbocycles. The number of aliphatic hydroxyl groups excluding tert-OH is 2. The molecule has 13 heavy (non-hydrogen) atoms. The Hall–Kier alpha value is -0.120. The van der Waals surface area contributed by atoms with Crippen molar-refractivity contribution in [1.82, 2.24) is 5.32 Å². The highest BCUT2D eigenvalue weighted by atomic mass is 16.3. The molecule has 0 aliphatic rings. The normalized spacial score (nSPS) is 8.77. The van der Waals surface area contributed by atoms with Crippen LogP contribution in [-0.2, 0) is 0 Å². The van der Waals surface area contributed by atoms with Gasteiger partial charge in [-0.05, 0) is 13.8 Å². The van der Waals surface area contributed by atoms with Crippen LogP contribution in [0.1, 0.15) is 41.5 Å². The first kappa shape index (κ1) is 18.6. The Morgan fingerprint density at radius 2 is 1.00 bits per heavy atom. The number of aliphatic hydroxyl groups is 2. The molecule has 3 nitrogen and oxygen atoms in total. The summed E-state index contributed by atoms with van der Waals surface area (Å²) in [6, 6.07) is 1.25. The molecule has 0 bridgehead atoms. The van der Waals surface area contributed by atoms with Crippen molar-refractivity contribution in [2.24, 2.45) is 0 Å². The van der Waals surface area contributed by atoms with Crippen molar-refractivity contribution in [2.45, 2.75) is 53.6 Å². The van der Waals surface area contributed by atoms with E-state index < -0.39 is 0 Å². The highest BCUT2D eigenvalue weighted by molar-refractivity contribution is 4.55. The van der Waals surface area contributed by atoms with E-state index in [2.05, 4.69) is 33.0 Å². The van der Waals surface area contributed by atoms with Gasteiger partial charge in [-0.1, -0.05) is 27.7 Å². The molecule has 0 heterocycles. The van der Waals surface area contributed by atoms with E-state index in [0.717, 1.165) is 0 Å². The van der Waals surface area contributed by atoms with E-state index in [1.165, 1.54) is 0 Å². The Morgan fingerprint density at radius 3 is 1.00 bits per heavy atom. The van der Waals surface area contributed by atoms with Crippen molar-refractivity contribution in [3.05, 3.63) is 0 Å². The molecule has 84 valence electrons. The molecule has 0 aromatic rings. The maximum Gasteiger partial charge on any atom is 0.0402 e. The van der Waals surface area contributed by atoms with E-state index in [9.17, 15) is 0 Å². The van der Waals surface area contributed by atoms with E-state index in [4.69, 9.17) is 10.2 Å². The highest BCUT2D eigenvalue weighted by Crippen LogP contribution is 1.80. The van der Waals surface area contributed by atoms with Crippen LogP contribution in [0.25, 0.3) is 0 Å². The Kier molecular flexibility index (Phi) is 25.5. The van der Waals surface area contributed by atoms with Crippen LogP contribution in [0.2, 0.25) is 0 Å². The highest BCUT2D eigenvalue weighted by Gasteiger charge is 1.92. The first-order valence-electron chi connectivity index (χ1n) is 4.93. The molecular formula is C10H27NO2. The second-order valence-electron chi connectivity index (χ2n) is 3.11. The van der Waals surface area contributed by atoms with Crippen LogP contribution in [0.5, 0.6) is 0 Å². The summed E-state index contributed by atoms with van der Waals surface area (Å²) >= 11 is 0. The Morgan fingerprint density at radius 1 is 0.846 bits per heavy atom. The van der Waals surface area contributed by atoms with E-state index in [0.29, 0.717) is 12.1 Å². The third kappa shape index (κ3) is 77.0. The summed E-state index contributed by atoms with van der Waals surface area (Å²) in [4.78, 5) is 0. The van der Waals surface area contributed by atoms with Crippen molar-refractivity contribution >= 4 is 0 Å². The van der Waals surface area contributed by atoms with E-state index in [1.807, 2.05) is 0 Å². The van der Waals surface area contributed by atoms with Gasteiger partial charge in [-0.25, -0.2) is 0 Å². The van der Waals surface area contributed by atoms with Crippen molar-refractivity contribution < 1.29 is 10.2 Å². The number of nitrogens with one attached hydrogen (secondary N) is 1. The lowest BCUT2D eigenvalue weighted by Gasteiger charge is -2.10. The van der Waals surface area contributed by atoms with Crippen molar-refractivity contribution in [1.29, 1.82) is 0 Å². The van der Waals surface area contributed by atoms with Gasteiger partial charge in [0, 0.05) is 25.3 Å². The first-order chi connectivity index (χ1) is 5.95. The van der Waals surface area contributed by atoms with Gasteiger partial charge in [0.2, 0.25) is 0 Å². The molecule has 0 atom stereocenters. The van der Waals surface area contributed by atoms with Crippen molar-refractivity contribution in [3.63, 3.8) is 0 Å². The molecule has 0 amide bonds. The molecule has 3 heteroatoms. The van der Waals surface area contributed by atoms with Gasteiger partial charge < -0.3 is 15.5 Å². The molecule has 0 unspecified atom stereocenters. The molecule has 0 spiro atoms. The average Bonchev–Trinajstić information content (AvgIpc) is 1.86. The molecule has 0 saturated heterocycles. The fourth-order valence-electron chi connectivity index (χ4n) is 0.667. The Labute approximate surface area is 83.2 Å². The van der Waals surface area contributed by atoms with Crippen LogP contribution in [0.4, 0.5) is 0 Å². The van der Waals surface area contributed by atoms with Crippen LogP contribution in [0.3, 0.4) is 0 Å². The topological polar surface area (TPSA) is 52.5 Å². The molecule has 0 aliphatic carbocycles. The quantitative estimate of drug-likeness (QED) is 0.621. The van der Waals surface area contributed by atoms with E-state index >= 15 is 0 Å². The minimum Gasteiger partial charge on any atom is -0.397 e. The average molecular weight is 193 g/mol. The van der Waals surface area contributed by atoms with Gasteiger partial charge >= 0.3 is 0 Å². The maximum absolute atomic E-state index is 7.57. The summed E-state index contributed by atoms with van der Waals surface area (Å²) in [6.45, 7) is 12.5. The minimum atomic E-state index is 0.250. The zero-order valence-corrected chi connectivity index (χ0v) is 9.96. The fraction of sp³-hybridized carbons (Fsp3) is 1.00. The van der Waals surface area contributed by atoms with Crippen LogP contribution >= 0.6 is 0 Å². The smallest absolute Gasteiger partial charge is 0.0402 e. The van der Waals surface area contributed by atoms with Gasteiger partial charge in [-0.2, -0.15) is 0 Å². The summed E-state index contributed by atoms with van der Waals surface area (Å²) in [7, 11) is 0. The first-order valence-corrected chi connectivity index (χ1v) is 4.93. The van der Waals surface area contributed by atoms with Crippen LogP contribution in [-0.4, -0.2) is 35.5 Å². The monoisotopic (exact) mass is 193 g/mol. The summed E-state index contributed by atoms with van der Waals surface area (Å²) in [6.07, 6.45) is 0. The maximum atomic E-state index is 7.57. The van der Waals surface area contributed by atoms with Gasteiger partial charge in [-0.15, -0.1) is 0 Å². The number of rotatable bonds is 2. The Balaban J connectivity index is -0.000000140. The lowest BCUT2D eigenvalue weighted by Crippen LogP contribution is -2.29. The lowest BCUT2D eigenvalue weighted by atomic mass is 10.3. The summed E-state index contributed by atoms with van der Waals surface area (Å²) in [5.41, 5.74) is 0. The second-order valence-corrected chi connectivity index (χ2v) is 3.11. The molecule has 0 aromatic heterocycles. The summed E-state index contributed by atoms with van der Waals surface area (Å²) < 4.78 is 0. The standard InChI is InChI=1S/C6H15N.2C2H6O/c1-5(2)7-6(3)4;2*1-2-3/h5-7H,1-4H3;2*3H,2H2,1H3. The van der Waals surface area contributed by atoms with Crippen LogP contribution < -0.4 is 5.32 Å². The second kappa shape index (κ2) is 17.8. The summed E-state index contributed by atoms with van der Waals surface area (Å²) in [5.74, 6) is 0. The van der Waals surface area contributed by atoms with Gasteiger partial charge in [0.1, 0.15) is 0 Å². The molecule has 0 aliphatic heterocycles. The van der Waals surface area contributed by atoms with Gasteiger partial charge in [0.15, 0.2) is 0 Å². The predicted molar refractivity (Wildman–Crippen MR) is 58.9 cm³/mol. The molecule has 3 N–H and O–H groups in total. The SMILES string of the molecule is CC(C)NC(C)C.CCO.CCO. The molecule has 0 radical (unpaired) electrons. The number of hydrogen-bond donors (Lipinski definition) is 3. The van der Waals surface area contributed by atoms with E-state index in [-0.39, 0.29) is 13.2 Å². The van der Waals surface area contributed by atoms with Crippen LogP contribution in [0.15, 0.2) is 0 Å². The van der Waals surface area contributed by atoms with Crippen molar-refractivity contribution in [3.8, 4) is 0 Å². The third-order valence-corrected chi connectivity index (χ3v) is 0.667. The molecule has 0 aromatic carbocycles.